The van der Waals surface area contributed by atoms with Crippen molar-refractivity contribution in [1.29, 1.82) is 0 Å². The van der Waals surface area contributed by atoms with Crippen molar-refractivity contribution in [3.8, 4) is 0 Å². The van der Waals surface area contributed by atoms with Crippen molar-refractivity contribution in [2.45, 2.75) is 19.8 Å². The van der Waals surface area contributed by atoms with Gasteiger partial charge in [0.15, 0.2) is 12.4 Å². The second kappa shape index (κ2) is 4.52. The monoisotopic (exact) mass is 246 g/mol. The molecule has 1 aliphatic heterocycles. The van der Waals surface area contributed by atoms with Crippen LogP contribution in [0.1, 0.15) is 25.3 Å². The van der Waals surface area contributed by atoms with E-state index in [0.29, 0.717) is 16.0 Å². The van der Waals surface area contributed by atoms with E-state index in [-0.39, 0.29) is 5.57 Å². The van der Waals surface area contributed by atoms with Crippen LogP contribution in [0, 0.1) is 5.21 Å². The number of pyridine rings is 1. The largest absolute Gasteiger partial charge is 0.619 e. The fourth-order valence-corrected chi connectivity index (χ4v) is 2.18. The van der Waals surface area contributed by atoms with E-state index < -0.39 is 11.9 Å². The summed E-state index contributed by atoms with van der Waals surface area (Å²) in [6.45, 7) is 3.59. The van der Waals surface area contributed by atoms with Crippen LogP contribution in [0.4, 0.5) is 0 Å². The van der Waals surface area contributed by atoms with Gasteiger partial charge in [0.25, 0.3) is 0 Å². The van der Waals surface area contributed by atoms with Gasteiger partial charge < -0.3 is 15.6 Å². The molecule has 94 valence electrons. The summed E-state index contributed by atoms with van der Waals surface area (Å²) < 4.78 is 0.676. The minimum Gasteiger partial charge on any atom is -0.619 e. The molecule has 5 heteroatoms. The summed E-state index contributed by atoms with van der Waals surface area (Å²) in [5, 5.41) is 23.6. The number of aromatic nitrogens is 1. The summed E-state index contributed by atoms with van der Waals surface area (Å²) in [6, 6.07) is 3.37. The number of nitrogens with zero attached hydrogens (tertiary/aromatic N) is 1. The van der Waals surface area contributed by atoms with Gasteiger partial charge in [-0.05, 0) is 19.9 Å². The molecule has 0 saturated carbocycles. The van der Waals surface area contributed by atoms with Gasteiger partial charge in [0.2, 0.25) is 0 Å². The van der Waals surface area contributed by atoms with Crippen LogP contribution in [-0.2, 0) is 4.79 Å². The van der Waals surface area contributed by atoms with Gasteiger partial charge in [0, 0.05) is 28.9 Å². The zero-order chi connectivity index (χ0) is 13.3. The van der Waals surface area contributed by atoms with Crippen molar-refractivity contribution >= 4 is 5.97 Å². The fraction of sp³-hybridized carbons (Fsp3) is 0.231. The summed E-state index contributed by atoms with van der Waals surface area (Å²) in [4.78, 5) is 11.3. The number of aliphatic carboxylic acids is 1. The first-order valence-corrected chi connectivity index (χ1v) is 5.57. The second-order valence-corrected chi connectivity index (χ2v) is 4.29. The van der Waals surface area contributed by atoms with Crippen LogP contribution in [-0.4, -0.2) is 11.1 Å². The molecule has 5 nitrogen and oxygen atoms in total. The predicted octanol–water partition coefficient (Wildman–Crippen LogP) is 1.27. The maximum atomic E-state index is 11.3. The molecule has 18 heavy (non-hydrogen) atoms. The molecule has 2 rings (SSSR count). The van der Waals surface area contributed by atoms with Crippen LogP contribution in [0.5, 0.6) is 0 Å². The van der Waals surface area contributed by atoms with Gasteiger partial charge in [-0.3, -0.25) is 0 Å². The Morgan fingerprint density at radius 3 is 2.83 bits per heavy atom. The lowest BCUT2D eigenvalue weighted by Gasteiger charge is -2.23. The van der Waals surface area contributed by atoms with Gasteiger partial charge in [0.05, 0.1) is 5.57 Å². The highest BCUT2D eigenvalue weighted by atomic mass is 16.5. The van der Waals surface area contributed by atoms with Crippen LogP contribution in [0.3, 0.4) is 0 Å². The number of hydrogen-bond acceptors (Lipinski definition) is 3. The van der Waals surface area contributed by atoms with Crippen molar-refractivity contribution < 1.29 is 14.6 Å². The molecule has 0 aliphatic carbocycles. The van der Waals surface area contributed by atoms with E-state index >= 15 is 0 Å². The molecule has 2 N–H and O–H groups in total. The van der Waals surface area contributed by atoms with E-state index in [9.17, 15) is 15.1 Å². The molecule has 0 saturated heterocycles. The normalized spacial score (nSPS) is 19.2. The van der Waals surface area contributed by atoms with Gasteiger partial charge in [0.1, 0.15) is 0 Å². The Bertz CT molecular complexity index is 561. The molecule has 0 spiro atoms. The standard InChI is InChI=1S/C13H14N2O3/c1-8-6-11(10-4-3-5-15(18)7-10)12(13(16)17)9(2)14-8/h3-7,11,14H,1-2H3,(H,16,17). The first-order chi connectivity index (χ1) is 8.49. The highest BCUT2D eigenvalue weighted by molar-refractivity contribution is 5.90. The summed E-state index contributed by atoms with van der Waals surface area (Å²) in [5.74, 6) is -1.37. The lowest BCUT2D eigenvalue weighted by atomic mass is 9.88. The first kappa shape index (κ1) is 12.2. The van der Waals surface area contributed by atoms with Gasteiger partial charge >= 0.3 is 5.97 Å². The predicted molar refractivity (Wildman–Crippen MR) is 65.4 cm³/mol. The number of allylic oxidation sites excluding steroid dienone is 3. The first-order valence-electron chi connectivity index (χ1n) is 5.57. The van der Waals surface area contributed by atoms with E-state index in [2.05, 4.69) is 5.32 Å². The van der Waals surface area contributed by atoms with Crippen LogP contribution in [0.25, 0.3) is 0 Å². The molecule has 1 aliphatic rings. The molecule has 0 radical (unpaired) electrons. The number of nitrogens with one attached hydrogen (secondary N) is 1. The highest BCUT2D eigenvalue weighted by Crippen LogP contribution is 2.31. The number of carboxylic acid groups (broad SMARTS) is 1. The molecule has 1 atom stereocenters. The Morgan fingerprint density at radius 1 is 1.50 bits per heavy atom. The zero-order valence-electron chi connectivity index (χ0n) is 10.2. The Hall–Kier alpha value is -2.30. The molecule has 1 unspecified atom stereocenters. The average Bonchev–Trinajstić information content (AvgIpc) is 2.27. The van der Waals surface area contributed by atoms with Gasteiger partial charge in [-0.25, -0.2) is 4.79 Å². The van der Waals surface area contributed by atoms with Crippen molar-refractivity contribution in [2.24, 2.45) is 0 Å². The van der Waals surface area contributed by atoms with E-state index in [0.717, 1.165) is 5.70 Å². The van der Waals surface area contributed by atoms with E-state index in [1.807, 2.05) is 13.0 Å². The summed E-state index contributed by atoms with van der Waals surface area (Å²) in [6.07, 6.45) is 4.58. The molecular formula is C13H14N2O3. The molecule has 0 fully saturated rings. The maximum absolute atomic E-state index is 11.3. The SMILES string of the molecule is CC1=CC(c2ccc[n+]([O-])c2)C(C(=O)O)=C(C)N1. The Labute approximate surface area is 105 Å². The van der Waals surface area contributed by atoms with Crippen molar-refractivity contribution in [3.63, 3.8) is 0 Å². The van der Waals surface area contributed by atoms with Gasteiger partial charge in [-0.1, -0.05) is 6.08 Å². The fourth-order valence-electron chi connectivity index (χ4n) is 2.18. The smallest absolute Gasteiger partial charge is 0.334 e. The zero-order valence-corrected chi connectivity index (χ0v) is 10.2. The lowest BCUT2D eigenvalue weighted by Crippen LogP contribution is -2.28. The Balaban J connectivity index is 2.52. The van der Waals surface area contributed by atoms with Crippen LogP contribution < -0.4 is 10.0 Å². The van der Waals surface area contributed by atoms with Crippen molar-refractivity contribution in [2.75, 3.05) is 0 Å². The third-order valence-electron chi connectivity index (χ3n) is 2.90. The van der Waals surface area contributed by atoms with Crippen LogP contribution >= 0.6 is 0 Å². The minimum atomic E-state index is -0.977. The molecule has 1 aromatic heterocycles. The third-order valence-corrected chi connectivity index (χ3v) is 2.90. The number of carboxylic acids is 1. The van der Waals surface area contributed by atoms with E-state index in [1.54, 1.807) is 19.1 Å². The lowest BCUT2D eigenvalue weighted by molar-refractivity contribution is -0.605. The Morgan fingerprint density at radius 2 is 2.22 bits per heavy atom. The van der Waals surface area contributed by atoms with E-state index in [1.165, 1.54) is 12.4 Å². The summed E-state index contributed by atoms with van der Waals surface area (Å²) in [5.41, 5.74) is 2.43. The highest BCUT2D eigenvalue weighted by Gasteiger charge is 2.27. The molecule has 0 amide bonds. The number of dihydropyridines is 1. The number of hydrogen-bond donors (Lipinski definition) is 2. The Kier molecular flexibility index (Phi) is 3.06. The number of rotatable bonds is 2. The van der Waals surface area contributed by atoms with Crippen molar-refractivity contribution in [3.05, 3.63) is 58.3 Å². The van der Waals surface area contributed by atoms with Crippen molar-refractivity contribution in [1.82, 2.24) is 5.32 Å². The van der Waals surface area contributed by atoms with E-state index in [4.69, 9.17) is 0 Å². The summed E-state index contributed by atoms with van der Waals surface area (Å²) in [7, 11) is 0. The second-order valence-electron chi connectivity index (χ2n) is 4.29. The topological polar surface area (TPSA) is 76.3 Å². The summed E-state index contributed by atoms with van der Waals surface area (Å²) >= 11 is 0. The average molecular weight is 246 g/mol. The maximum Gasteiger partial charge on any atom is 0.334 e. The quantitative estimate of drug-likeness (QED) is 0.608. The third kappa shape index (κ3) is 2.20. The molecule has 1 aromatic rings. The molecule has 2 heterocycles. The van der Waals surface area contributed by atoms with Crippen LogP contribution in [0.2, 0.25) is 0 Å². The van der Waals surface area contributed by atoms with Crippen LogP contribution in [0.15, 0.2) is 47.6 Å². The molecular weight excluding hydrogens is 232 g/mol. The molecule has 0 aromatic carbocycles. The molecule has 0 bridgehead atoms. The van der Waals surface area contributed by atoms with Gasteiger partial charge in [-0.2, -0.15) is 4.73 Å². The minimum absolute atomic E-state index is 0.270. The van der Waals surface area contributed by atoms with Gasteiger partial charge in [-0.15, -0.1) is 0 Å². The number of carbonyl (C=O) groups is 1.